The number of aromatic carboxylic acids is 1. The molecule has 0 unspecified atom stereocenters. The second-order valence-corrected chi connectivity index (χ2v) is 5.27. The molecule has 0 atom stereocenters. The van der Waals surface area contributed by atoms with Gasteiger partial charge < -0.3 is 15.4 Å². The van der Waals surface area contributed by atoms with Gasteiger partial charge in [-0.15, -0.1) is 0 Å². The summed E-state index contributed by atoms with van der Waals surface area (Å²) in [5.41, 5.74) is 0.765. The maximum Gasteiger partial charge on any atom is 0.354 e. The van der Waals surface area contributed by atoms with Gasteiger partial charge in [-0.2, -0.15) is 0 Å². The summed E-state index contributed by atoms with van der Waals surface area (Å²) >= 11 is 0. The highest BCUT2D eigenvalue weighted by Crippen LogP contribution is 2.38. The molecule has 0 aliphatic heterocycles. The van der Waals surface area contributed by atoms with Gasteiger partial charge >= 0.3 is 5.97 Å². The Morgan fingerprint density at radius 1 is 1.39 bits per heavy atom. The van der Waals surface area contributed by atoms with Gasteiger partial charge in [0.1, 0.15) is 5.69 Å². The van der Waals surface area contributed by atoms with Crippen LogP contribution in [0.3, 0.4) is 0 Å². The first-order valence-corrected chi connectivity index (χ1v) is 6.17. The molecule has 1 amide bonds. The fraction of sp³-hybridized carbons (Fsp3) is 0.538. The largest absolute Gasteiger partial charge is 0.477 e. The molecule has 2 rings (SSSR count). The average molecular weight is 250 g/mol. The first-order chi connectivity index (χ1) is 8.42. The zero-order valence-corrected chi connectivity index (χ0v) is 10.7. The predicted octanol–water partition coefficient (Wildman–Crippen LogP) is 2.54. The Bertz CT molecular complexity index is 484. The van der Waals surface area contributed by atoms with Crippen LogP contribution in [-0.4, -0.2) is 22.0 Å². The molecule has 3 N–H and O–H groups in total. The van der Waals surface area contributed by atoms with Crippen LogP contribution in [0.4, 0.5) is 5.69 Å². The number of hydrogen-bond donors (Lipinski definition) is 3. The van der Waals surface area contributed by atoms with E-state index in [4.69, 9.17) is 5.11 Å². The summed E-state index contributed by atoms with van der Waals surface area (Å²) in [6.45, 7) is 3.70. The van der Waals surface area contributed by atoms with Crippen molar-refractivity contribution in [1.82, 2.24) is 4.98 Å². The van der Waals surface area contributed by atoms with Gasteiger partial charge in [0.15, 0.2) is 0 Å². The number of carbonyl (C=O) groups excluding carboxylic acids is 1. The van der Waals surface area contributed by atoms with E-state index in [1.807, 2.05) is 6.92 Å². The smallest absolute Gasteiger partial charge is 0.354 e. The van der Waals surface area contributed by atoms with Gasteiger partial charge in [-0.1, -0.05) is 19.8 Å². The monoisotopic (exact) mass is 250 g/mol. The summed E-state index contributed by atoms with van der Waals surface area (Å²) < 4.78 is 0. The Labute approximate surface area is 106 Å². The number of amides is 1. The molecule has 0 spiro atoms. The van der Waals surface area contributed by atoms with Crippen LogP contribution in [0.25, 0.3) is 0 Å². The van der Waals surface area contributed by atoms with Crippen molar-refractivity contribution < 1.29 is 14.7 Å². The minimum Gasteiger partial charge on any atom is -0.477 e. The molecule has 1 aromatic rings. The first-order valence-electron chi connectivity index (χ1n) is 6.17. The first kappa shape index (κ1) is 12.7. The molecule has 0 aromatic carbocycles. The number of aromatic nitrogens is 1. The number of aryl methyl sites for hydroxylation is 1. The number of hydrogen-bond acceptors (Lipinski definition) is 2. The van der Waals surface area contributed by atoms with E-state index >= 15 is 0 Å². The minimum absolute atomic E-state index is 0.0439. The lowest BCUT2D eigenvalue weighted by Gasteiger charge is -2.21. The number of nitrogens with one attached hydrogen (secondary N) is 2. The van der Waals surface area contributed by atoms with Gasteiger partial charge in [-0.05, 0) is 25.8 Å². The second-order valence-electron chi connectivity index (χ2n) is 5.27. The third-order valence-electron chi connectivity index (χ3n) is 3.67. The molecule has 1 saturated carbocycles. The van der Waals surface area contributed by atoms with Gasteiger partial charge in [0.25, 0.3) is 0 Å². The zero-order chi connectivity index (χ0) is 13.3. The molecule has 1 fully saturated rings. The van der Waals surface area contributed by atoms with Crippen molar-refractivity contribution in [2.75, 3.05) is 5.32 Å². The Balaban J connectivity index is 2.19. The van der Waals surface area contributed by atoms with Crippen molar-refractivity contribution in [2.45, 2.75) is 39.5 Å². The maximum absolute atomic E-state index is 12.2. The summed E-state index contributed by atoms with van der Waals surface area (Å²) in [5, 5.41) is 11.8. The van der Waals surface area contributed by atoms with Gasteiger partial charge in [0.2, 0.25) is 5.91 Å². The van der Waals surface area contributed by atoms with Crippen LogP contribution in [0.15, 0.2) is 6.07 Å². The normalized spacial score (nSPS) is 17.7. The van der Waals surface area contributed by atoms with E-state index in [1.165, 1.54) is 0 Å². The number of rotatable bonds is 3. The average Bonchev–Trinajstić information content (AvgIpc) is 2.86. The number of carbonyl (C=O) groups is 2. The number of carboxylic acid groups (broad SMARTS) is 1. The van der Waals surface area contributed by atoms with Crippen molar-refractivity contribution >= 4 is 17.6 Å². The van der Waals surface area contributed by atoms with E-state index in [1.54, 1.807) is 13.0 Å². The SMILES string of the molecule is Cc1cc(NC(=O)C2(C)CCCC2)c(C(=O)O)[nH]1. The van der Waals surface area contributed by atoms with E-state index < -0.39 is 5.97 Å². The Hall–Kier alpha value is -1.78. The molecule has 1 aliphatic carbocycles. The lowest BCUT2D eigenvalue weighted by Crippen LogP contribution is -2.31. The fourth-order valence-corrected chi connectivity index (χ4v) is 2.51. The number of anilines is 1. The zero-order valence-electron chi connectivity index (χ0n) is 10.7. The second kappa shape index (κ2) is 4.48. The molecule has 0 radical (unpaired) electrons. The van der Waals surface area contributed by atoms with E-state index in [2.05, 4.69) is 10.3 Å². The predicted molar refractivity (Wildman–Crippen MR) is 67.7 cm³/mol. The molecule has 98 valence electrons. The van der Waals surface area contributed by atoms with Crippen molar-refractivity contribution in [3.8, 4) is 0 Å². The molecule has 0 saturated heterocycles. The third-order valence-corrected chi connectivity index (χ3v) is 3.67. The molecular formula is C13H18N2O3. The van der Waals surface area contributed by atoms with Crippen LogP contribution in [0.2, 0.25) is 0 Å². The highest BCUT2D eigenvalue weighted by Gasteiger charge is 2.36. The van der Waals surface area contributed by atoms with Crippen LogP contribution < -0.4 is 5.32 Å². The van der Waals surface area contributed by atoms with Gasteiger partial charge in [-0.25, -0.2) is 4.79 Å². The van der Waals surface area contributed by atoms with Gasteiger partial charge in [0.05, 0.1) is 5.69 Å². The van der Waals surface area contributed by atoms with E-state index in [-0.39, 0.29) is 17.0 Å². The quantitative estimate of drug-likeness (QED) is 0.771. The standard InChI is InChI=1S/C13H18N2O3/c1-8-7-9(10(14-8)11(16)17)15-12(18)13(2)5-3-4-6-13/h7,14H,3-6H2,1-2H3,(H,15,18)(H,16,17). The lowest BCUT2D eigenvalue weighted by atomic mass is 9.88. The Morgan fingerprint density at radius 2 is 2.00 bits per heavy atom. The molecule has 1 aliphatic rings. The highest BCUT2D eigenvalue weighted by atomic mass is 16.4. The van der Waals surface area contributed by atoms with Crippen LogP contribution >= 0.6 is 0 Å². The van der Waals surface area contributed by atoms with Crippen molar-refractivity contribution in [2.24, 2.45) is 5.41 Å². The molecule has 5 heteroatoms. The summed E-state index contributed by atoms with van der Waals surface area (Å²) in [5.74, 6) is -1.14. The van der Waals surface area contributed by atoms with Crippen LogP contribution in [0.5, 0.6) is 0 Å². The summed E-state index contributed by atoms with van der Waals surface area (Å²) in [4.78, 5) is 26.0. The van der Waals surface area contributed by atoms with E-state index in [0.29, 0.717) is 5.69 Å². The Morgan fingerprint density at radius 3 is 2.56 bits per heavy atom. The fourth-order valence-electron chi connectivity index (χ4n) is 2.51. The molecule has 18 heavy (non-hydrogen) atoms. The van der Waals surface area contributed by atoms with Crippen LogP contribution in [-0.2, 0) is 4.79 Å². The topological polar surface area (TPSA) is 82.2 Å². The summed E-state index contributed by atoms with van der Waals surface area (Å²) in [6.07, 6.45) is 3.85. The molecule has 1 heterocycles. The van der Waals surface area contributed by atoms with Crippen LogP contribution in [0, 0.1) is 12.3 Å². The molecule has 5 nitrogen and oxygen atoms in total. The Kier molecular flexibility index (Phi) is 3.15. The van der Waals surface area contributed by atoms with Gasteiger partial charge in [-0.3, -0.25) is 4.79 Å². The van der Waals surface area contributed by atoms with Crippen molar-refractivity contribution in [3.63, 3.8) is 0 Å². The van der Waals surface area contributed by atoms with E-state index in [9.17, 15) is 9.59 Å². The van der Waals surface area contributed by atoms with Crippen molar-refractivity contribution in [3.05, 3.63) is 17.5 Å². The van der Waals surface area contributed by atoms with E-state index in [0.717, 1.165) is 31.4 Å². The highest BCUT2D eigenvalue weighted by molar-refractivity contribution is 6.01. The summed E-state index contributed by atoms with van der Waals surface area (Å²) in [6, 6.07) is 1.65. The maximum atomic E-state index is 12.2. The molecular weight excluding hydrogens is 232 g/mol. The third kappa shape index (κ3) is 2.25. The van der Waals surface area contributed by atoms with Crippen LogP contribution in [0.1, 0.15) is 48.8 Å². The molecule has 1 aromatic heterocycles. The molecule has 0 bridgehead atoms. The number of aromatic amines is 1. The lowest BCUT2D eigenvalue weighted by molar-refractivity contribution is -0.124. The number of carboxylic acids is 1. The summed E-state index contributed by atoms with van der Waals surface area (Å²) in [7, 11) is 0. The minimum atomic E-state index is -1.06. The number of H-pyrrole nitrogens is 1. The van der Waals surface area contributed by atoms with Crippen molar-refractivity contribution in [1.29, 1.82) is 0 Å². The van der Waals surface area contributed by atoms with Gasteiger partial charge in [0, 0.05) is 11.1 Å².